The van der Waals surface area contributed by atoms with Crippen LogP contribution < -0.4 is 0 Å². The van der Waals surface area contributed by atoms with E-state index in [9.17, 15) is 9.59 Å². The zero-order valence-corrected chi connectivity index (χ0v) is 13.1. The Morgan fingerprint density at radius 1 is 1.29 bits per heavy atom. The van der Waals surface area contributed by atoms with Crippen LogP contribution in [0.3, 0.4) is 0 Å². The molecule has 2 rings (SSSR count). The van der Waals surface area contributed by atoms with Crippen molar-refractivity contribution >= 4 is 23.5 Å². The van der Waals surface area contributed by atoms with Gasteiger partial charge in [0.15, 0.2) is 0 Å². The number of aliphatic carboxylic acids is 1. The van der Waals surface area contributed by atoms with Crippen LogP contribution in [0.4, 0.5) is 0 Å². The first-order valence-electron chi connectivity index (χ1n) is 7.16. The lowest BCUT2D eigenvalue weighted by molar-refractivity contribution is -0.140. The highest BCUT2D eigenvalue weighted by Gasteiger charge is 2.53. The zero-order valence-electron chi connectivity index (χ0n) is 12.3. The minimum absolute atomic E-state index is 0.0124. The van der Waals surface area contributed by atoms with Gasteiger partial charge in [0.2, 0.25) is 5.91 Å². The van der Waals surface area contributed by atoms with E-state index < -0.39 is 11.4 Å². The van der Waals surface area contributed by atoms with Gasteiger partial charge >= 0.3 is 5.97 Å². The molecule has 0 saturated heterocycles. The molecule has 114 valence electrons. The van der Waals surface area contributed by atoms with E-state index in [0.717, 1.165) is 18.4 Å². The molecule has 0 bridgehead atoms. The molecule has 0 aromatic heterocycles. The highest BCUT2D eigenvalue weighted by atomic mass is 35.5. The Hall–Kier alpha value is -1.55. The first-order valence-corrected chi connectivity index (χ1v) is 7.53. The summed E-state index contributed by atoms with van der Waals surface area (Å²) in [5, 5.41) is 9.49. The number of carbonyl (C=O) groups is 2. The van der Waals surface area contributed by atoms with Crippen molar-refractivity contribution in [3.8, 4) is 0 Å². The second kappa shape index (κ2) is 6.06. The molecule has 1 aromatic carbocycles. The quantitative estimate of drug-likeness (QED) is 0.878. The molecule has 1 fully saturated rings. The molecule has 1 amide bonds. The number of halogens is 1. The van der Waals surface area contributed by atoms with Crippen LogP contribution in [-0.2, 0) is 15.0 Å². The van der Waals surface area contributed by atoms with Gasteiger partial charge in [0, 0.05) is 17.6 Å². The summed E-state index contributed by atoms with van der Waals surface area (Å²) in [5.74, 6) is -0.856. The van der Waals surface area contributed by atoms with E-state index in [1.807, 2.05) is 26.0 Å². The Labute approximate surface area is 129 Å². The highest BCUT2D eigenvalue weighted by molar-refractivity contribution is 6.30. The number of carboxylic acids is 1. The number of amides is 1. The lowest BCUT2D eigenvalue weighted by atomic mass is 9.93. The van der Waals surface area contributed by atoms with Gasteiger partial charge in [-0.1, -0.05) is 23.7 Å². The molecule has 0 radical (unpaired) electrons. The normalized spacial score (nSPS) is 15.8. The summed E-state index contributed by atoms with van der Waals surface area (Å²) in [6, 6.07) is 7.36. The molecular weight excluding hydrogens is 290 g/mol. The monoisotopic (exact) mass is 309 g/mol. The minimum atomic E-state index is -0.884. The number of nitrogens with zero attached hydrogens (tertiary/aromatic N) is 1. The van der Waals surface area contributed by atoms with Crippen LogP contribution in [0.2, 0.25) is 5.02 Å². The van der Waals surface area contributed by atoms with Crippen LogP contribution in [0.1, 0.15) is 38.7 Å². The van der Waals surface area contributed by atoms with Crippen molar-refractivity contribution in [2.75, 3.05) is 6.54 Å². The number of rotatable bonds is 6. The maximum absolute atomic E-state index is 12.9. The molecule has 21 heavy (non-hydrogen) atoms. The lowest BCUT2D eigenvalue weighted by Gasteiger charge is -2.30. The second-order valence-electron chi connectivity index (χ2n) is 5.83. The van der Waals surface area contributed by atoms with Crippen molar-refractivity contribution in [3.05, 3.63) is 34.9 Å². The van der Waals surface area contributed by atoms with Crippen LogP contribution in [0.25, 0.3) is 0 Å². The second-order valence-corrected chi connectivity index (χ2v) is 6.26. The summed E-state index contributed by atoms with van der Waals surface area (Å²) in [5.41, 5.74) is 0.491. The Morgan fingerprint density at radius 3 is 2.29 bits per heavy atom. The van der Waals surface area contributed by atoms with Gasteiger partial charge in [-0.15, -0.1) is 0 Å². The van der Waals surface area contributed by atoms with Crippen molar-refractivity contribution in [3.63, 3.8) is 0 Å². The minimum Gasteiger partial charge on any atom is -0.481 e. The highest BCUT2D eigenvalue weighted by Crippen LogP contribution is 2.50. The van der Waals surface area contributed by atoms with Crippen LogP contribution >= 0.6 is 11.6 Å². The Bertz CT molecular complexity index is 535. The van der Waals surface area contributed by atoms with Crippen molar-refractivity contribution < 1.29 is 14.7 Å². The van der Waals surface area contributed by atoms with E-state index >= 15 is 0 Å². The topological polar surface area (TPSA) is 57.6 Å². The van der Waals surface area contributed by atoms with Gasteiger partial charge in [0.05, 0.1) is 11.8 Å². The van der Waals surface area contributed by atoms with Crippen molar-refractivity contribution in [1.29, 1.82) is 0 Å². The molecule has 1 saturated carbocycles. The molecule has 1 aliphatic rings. The third-order valence-corrected chi connectivity index (χ3v) is 4.26. The molecule has 0 unspecified atom stereocenters. The standard InChI is InChI=1S/C16H20ClNO3/c1-11(2)18(10-7-14(19)20)15(21)16(8-9-16)12-3-5-13(17)6-4-12/h3-6,11H,7-10H2,1-2H3,(H,19,20). The van der Waals surface area contributed by atoms with Gasteiger partial charge in [-0.05, 0) is 44.4 Å². The molecule has 4 nitrogen and oxygen atoms in total. The first kappa shape index (κ1) is 15.8. The predicted molar refractivity (Wildman–Crippen MR) is 81.5 cm³/mol. The van der Waals surface area contributed by atoms with Crippen LogP contribution in [0.15, 0.2) is 24.3 Å². The Morgan fingerprint density at radius 2 is 1.86 bits per heavy atom. The third-order valence-electron chi connectivity index (χ3n) is 4.01. The first-order chi connectivity index (χ1) is 9.86. The molecule has 5 heteroatoms. The maximum Gasteiger partial charge on any atom is 0.305 e. The predicted octanol–water partition coefficient (Wildman–Crippen LogP) is 3.08. The van der Waals surface area contributed by atoms with E-state index in [1.165, 1.54) is 0 Å². The molecule has 1 aromatic rings. The zero-order chi connectivity index (χ0) is 15.6. The summed E-state index contributed by atoms with van der Waals surface area (Å²) < 4.78 is 0. The number of hydrogen-bond donors (Lipinski definition) is 1. The van der Waals surface area contributed by atoms with Crippen LogP contribution in [-0.4, -0.2) is 34.5 Å². The average Bonchev–Trinajstić information content (AvgIpc) is 3.20. The lowest BCUT2D eigenvalue weighted by Crippen LogP contribution is -2.44. The number of carbonyl (C=O) groups excluding carboxylic acids is 1. The number of carboxylic acid groups (broad SMARTS) is 1. The Kier molecular flexibility index (Phi) is 4.57. The van der Waals surface area contributed by atoms with Gasteiger partial charge in [0.1, 0.15) is 0 Å². The van der Waals surface area contributed by atoms with Crippen molar-refractivity contribution in [1.82, 2.24) is 4.90 Å². The summed E-state index contributed by atoms with van der Waals surface area (Å²) >= 11 is 5.90. The molecule has 1 aliphatic carbocycles. The van der Waals surface area contributed by atoms with E-state index in [1.54, 1.807) is 17.0 Å². The fourth-order valence-electron chi connectivity index (χ4n) is 2.61. The molecule has 0 heterocycles. The maximum atomic E-state index is 12.9. The van der Waals surface area contributed by atoms with Crippen molar-refractivity contribution in [2.45, 2.75) is 44.6 Å². The van der Waals surface area contributed by atoms with E-state index in [2.05, 4.69) is 0 Å². The molecule has 0 spiro atoms. The summed E-state index contributed by atoms with van der Waals surface area (Å²) in [6.07, 6.45) is 1.59. The van der Waals surface area contributed by atoms with Crippen molar-refractivity contribution in [2.24, 2.45) is 0 Å². The third kappa shape index (κ3) is 3.38. The fraction of sp³-hybridized carbons (Fsp3) is 0.500. The molecule has 0 aliphatic heterocycles. The van der Waals surface area contributed by atoms with Gasteiger partial charge in [-0.3, -0.25) is 9.59 Å². The largest absolute Gasteiger partial charge is 0.481 e. The fourth-order valence-corrected chi connectivity index (χ4v) is 2.73. The average molecular weight is 310 g/mol. The number of benzene rings is 1. The summed E-state index contributed by atoms with van der Waals surface area (Å²) in [4.78, 5) is 25.3. The smallest absolute Gasteiger partial charge is 0.305 e. The van der Waals surface area contributed by atoms with Gasteiger partial charge in [-0.2, -0.15) is 0 Å². The molecule has 0 atom stereocenters. The summed E-state index contributed by atoms with van der Waals surface area (Å²) in [6.45, 7) is 4.08. The van der Waals surface area contributed by atoms with Gasteiger partial charge in [0.25, 0.3) is 0 Å². The summed E-state index contributed by atoms with van der Waals surface area (Å²) in [7, 11) is 0. The van der Waals surface area contributed by atoms with Crippen LogP contribution in [0, 0.1) is 0 Å². The molecular formula is C16H20ClNO3. The van der Waals surface area contributed by atoms with E-state index in [-0.39, 0.29) is 24.9 Å². The van der Waals surface area contributed by atoms with Crippen LogP contribution in [0.5, 0.6) is 0 Å². The Balaban J connectivity index is 2.19. The number of hydrogen-bond acceptors (Lipinski definition) is 2. The van der Waals surface area contributed by atoms with Gasteiger partial charge in [-0.25, -0.2) is 0 Å². The molecule has 1 N–H and O–H groups in total. The van der Waals surface area contributed by atoms with E-state index in [0.29, 0.717) is 5.02 Å². The SMILES string of the molecule is CC(C)N(CCC(=O)O)C(=O)C1(c2ccc(Cl)cc2)CC1. The van der Waals surface area contributed by atoms with E-state index in [4.69, 9.17) is 16.7 Å². The van der Waals surface area contributed by atoms with Gasteiger partial charge < -0.3 is 10.0 Å².